The third-order valence-electron chi connectivity index (χ3n) is 2.03. The number of hydrogen-bond acceptors (Lipinski definition) is 1. The Balaban J connectivity index is 0. The van der Waals surface area contributed by atoms with Gasteiger partial charge in [0.1, 0.15) is 0 Å². The second kappa shape index (κ2) is 10.1. The molecule has 0 aliphatic rings. The number of unbranched alkanes of at least 4 members (excludes halogenated alkanes) is 5. The minimum absolute atomic E-state index is 0. The van der Waals surface area contributed by atoms with Gasteiger partial charge in [-0.1, -0.05) is 39.0 Å². The Morgan fingerprint density at radius 1 is 0.857 bits per heavy atom. The van der Waals surface area contributed by atoms with Crippen LogP contribution in [0.4, 0.5) is 0 Å². The van der Waals surface area contributed by atoms with E-state index in [0.29, 0.717) is 0 Å². The van der Waals surface area contributed by atoms with Gasteiger partial charge in [-0.25, -0.2) is 0 Å². The topological polar surface area (TPSA) is 9.23 Å². The van der Waals surface area contributed by atoms with Crippen molar-refractivity contribution in [3.05, 3.63) is 0 Å². The molecule has 0 saturated heterocycles. The summed E-state index contributed by atoms with van der Waals surface area (Å²) >= 11 is 0. The van der Waals surface area contributed by atoms with E-state index in [-0.39, 0.29) is 24.5 Å². The van der Waals surface area contributed by atoms with Gasteiger partial charge in [0, 0.05) is 6.61 Å². The van der Waals surface area contributed by atoms with E-state index in [1.807, 2.05) is 0 Å². The molecule has 0 aromatic rings. The zero-order valence-corrected chi connectivity index (χ0v) is 9.86. The fourth-order valence-corrected chi connectivity index (χ4v) is 1.26. The predicted octanol–water partition coefficient (Wildman–Crippen LogP) is 3.51. The van der Waals surface area contributed by atoms with Crippen molar-refractivity contribution in [3.8, 4) is 0 Å². The number of rotatable bonds is 7. The Labute approximate surface area is 102 Å². The molecular formula is C12H27LiO. The van der Waals surface area contributed by atoms with Gasteiger partial charge in [-0.15, -0.1) is 0 Å². The van der Waals surface area contributed by atoms with Crippen LogP contribution in [0, 0.1) is 0 Å². The first-order valence-corrected chi connectivity index (χ1v) is 5.70. The van der Waals surface area contributed by atoms with Gasteiger partial charge in [0.05, 0.1) is 5.60 Å². The van der Waals surface area contributed by atoms with E-state index in [2.05, 4.69) is 27.7 Å². The van der Waals surface area contributed by atoms with Gasteiger partial charge in [0.2, 0.25) is 0 Å². The maximum absolute atomic E-state index is 5.64. The van der Waals surface area contributed by atoms with Crippen LogP contribution in [0.1, 0.15) is 66.2 Å². The second-order valence-electron chi connectivity index (χ2n) is 4.73. The first-order chi connectivity index (χ1) is 6.06. The molecule has 0 unspecified atom stereocenters. The molecule has 0 rings (SSSR count). The summed E-state index contributed by atoms with van der Waals surface area (Å²) in [5.41, 5.74) is 0.0451. The van der Waals surface area contributed by atoms with E-state index in [0.717, 1.165) is 6.61 Å². The van der Waals surface area contributed by atoms with Gasteiger partial charge in [0.25, 0.3) is 0 Å². The molecule has 0 heterocycles. The summed E-state index contributed by atoms with van der Waals surface area (Å²) in [5, 5.41) is 0. The molecule has 2 heteroatoms. The van der Waals surface area contributed by atoms with Crippen LogP contribution >= 0.6 is 0 Å². The van der Waals surface area contributed by atoms with E-state index in [4.69, 9.17) is 4.74 Å². The first kappa shape index (κ1) is 17.0. The van der Waals surface area contributed by atoms with Crippen molar-refractivity contribution in [3.63, 3.8) is 0 Å². The van der Waals surface area contributed by atoms with Gasteiger partial charge in [-0.2, -0.15) is 0 Å². The molecule has 1 nitrogen and oxygen atoms in total. The predicted molar refractivity (Wildman–Crippen MR) is 66.2 cm³/mol. The molecule has 0 fully saturated rings. The Hall–Kier alpha value is 0.557. The van der Waals surface area contributed by atoms with Crippen LogP contribution in [-0.4, -0.2) is 31.1 Å². The standard InChI is InChI=1S/C12H26O.Li.H/c1-5-6-7-8-9-10-11-13-12(2,3)4;;/h5-11H2,1-4H3;;. The maximum atomic E-state index is 5.64. The van der Waals surface area contributed by atoms with Gasteiger partial charge >= 0.3 is 18.9 Å². The van der Waals surface area contributed by atoms with Crippen molar-refractivity contribution in [2.45, 2.75) is 71.8 Å². The van der Waals surface area contributed by atoms with Crippen molar-refractivity contribution < 1.29 is 4.74 Å². The summed E-state index contributed by atoms with van der Waals surface area (Å²) in [4.78, 5) is 0. The van der Waals surface area contributed by atoms with Crippen molar-refractivity contribution in [1.82, 2.24) is 0 Å². The van der Waals surface area contributed by atoms with Crippen LogP contribution in [0.25, 0.3) is 0 Å². The molecule has 0 aromatic carbocycles. The van der Waals surface area contributed by atoms with E-state index in [1.165, 1.54) is 38.5 Å². The Morgan fingerprint density at radius 2 is 1.36 bits per heavy atom. The van der Waals surface area contributed by atoms with Gasteiger partial charge in [-0.05, 0) is 27.2 Å². The molecule has 0 saturated carbocycles. The molecule has 0 aliphatic heterocycles. The molecule has 0 amide bonds. The summed E-state index contributed by atoms with van der Waals surface area (Å²) in [7, 11) is 0. The fourth-order valence-electron chi connectivity index (χ4n) is 1.26. The molecule has 14 heavy (non-hydrogen) atoms. The molecule has 0 spiro atoms. The third-order valence-corrected chi connectivity index (χ3v) is 2.03. The van der Waals surface area contributed by atoms with Gasteiger partial charge < -0.3 is 4.74 Å². The molecule has 0 aromatic heterocycles. The van der Waals surface area contributed by atoms with Gasteiger partial charge in [-0.3, -0.25) is 0 Å². The summed E-state index contributed by atoms with van der Waals surface area (Å²) in [5.74, 6) is 0. The quantitative estimate of drug-likeness (QED) is 0.445. The zero-order valence-electron chi connectivity index (χ0n) is 9.86. The van der Waals surface area contributed by atoms with E-state index in [1.54, 1.807) is 0 Å². The minimum atomic E-state index is 0. The van der Waals surface area contributed by atoms with Crippen LogP contribution < -0.4 is 0 Å². The summed E-state index contributed by atoms with van der Waals surface area (Å²) in [6.07, 6.45) is 8.04. The van der Waals surface area contributed by atoms with Crippen LogP contribution in [0.5, 0.6) is 0 Å². The summed E-state index contributed by atoms with van der Waals surface area (Å²) in [6.45, 7) is 9.52. The van der Waals surface area contributed by atoms with Crippen molar-refractivity contribution in [2.75, 3.05) is 6.61 Å². The second-order valence-corrected chi connectivity index (χ2v) is 4.73. The molecule has 82 valence electrons. The fraction of sp³-hybridized carbons (Fsp3) is 1.00. The van der Waals surface area contributed by atoms with Crippen LogP contribution in [0.2, 0.25) is 0 Å². The molecule has 0 bridgehead atoms. The average Bonchev–Trinajstić information content (AvgIpc) is 2.01. The number of hydrogen-bond donors (Lipinski definition) is 0. The molecular weight excluding hydrogens is 167 g/mol. The SMILES string of the molecule is CCCCCCCCOC(C)(C)C.[LiH]. The monoisotopic (exact) mass is 194 g/mol. The summed E-state index contributed by atoms with van der Waals surface area (Å²) in [6, 6.07) is 0. The Kier molecular flexibility index (Phi) is 12.2. The van der Waals surface area contributed by atoms with Crippen molar-refractivity contribution in [1.29, 1.82) is 0 Å². The third kappa shape index (κ3) is 15.0. The van der Waals surface area contributed by atoms with Crippen LogP contribution in [-0.2, 0) is 4.74 Å². The van der Waals surface area contributed by atoms with Gasteiger partial charge in [0.15, 0.2) is 0 Å². The van der Waals surface area contributed by atoms with Crippen molar-refractivity contribution >= 4 is 18.9 Å². The Morgan fingerprint density at radius 3 is 1.86 bits per heavy atom. The van der Waals surface area contributed by atoms with Crippen LogP contribution in [0.3, 0.4) is 0 Å². The Bertz CT molecular complexity index is 107. The number of ether oxygens (including phenoxy) is 1. The van der Waals surface area contributed by atoms with Crippen LogP contribution in [0.15, 0.2) is 0 Å². The molecule has 0 radical (unpaired) electrons. The van der Waals surface area contributed by atoms with E-state index in [9.17, 15) is 0 Å². The molecule has 0 atom stereocenters. The van der Waals surface area contributed by atoms with Crippen molar-refractivity contribution in [2.24, 2.45) is 0 Å². The van der Waals surface area contributed by atoms with E-state index < -0.39 is 0 Å². The normalized spacial score (nSPS) is 11.1. The molecule has 0 N–H and O–H groups in total. The summed E-state index contributed by atoms with van der Waals surface area (Å²) < 4.78 is 5.64. The molecule has 0 aliphatic carbocycles. The van der Waals surface area contributed by atoms with E-state index >= 15 is 0 Å². The zero-order chi connectivity index (χ0) is 10.2. The first-order valence-electron chi connectivity index (χ1n) is 5.70. The average molecular weight is 194 g/mol.